The van der Waals surface area contributed by atoms with Crippen LogP contribution in [0, 0.1) is 11.2 Å². The molecule has 0 atom stereocenters. The molecule has 1 nitrogen and oxygen atoms in total. The van der Waals surface area contributed by atoms with Crippen molar-refractivity contribution >= 4 is 17.4 Å². The summed E-state index contributed by atoms with van der Waals surface area (Å²) >= 11 is 3.81. The summed E-state index contributed by atoms with van der Waals surface area (Å²) in [6.45, 7) is 0. The molecule has 0 amide bonds. The van der Waals surface area contributed by atoms with Crippen LogP contribution in [0.1, 0.15) is 0 Å². The highest BCUT2D eigenvalue weighted by molar-refractivity contribution is 7.78. The summed E-state index contributed by atoms with van der Waals surface area (Å²) in [6, 6.07) is 7.94. The van der Waals surface area contributed by atoms with Gasteiger partial charge in [-0.25, -0.2) is 9.80 Å². The van der Waals surface area contributed by atoms with Crippen molar-refractivity contribution in [1.82, 2.24) is 0 Å². The van der Waals surface area contributed by atoms with Crippen molar-refractivity contribution in [2.24, 2.45) is 0 Å². The molecule has 52 valence electrons. The molecule has 0 fully saturated rings. The van der Waals surface area contributed by atoms with Crippen molar-refractivity contribution < 1.29 is 4.39 Å². The average molecular weight is 155 g/mol. The summed E-state index contributed by atoms with van der Waals surface area (Å²) in [4.78, 5) is 0. The molecule has 0 saturated heterocycles. The third-order valence-corrected chi connectivity index (χ3v) is 0.733. The molecule has 0 heterocycles. The minimum atomic E-state index is -0.178. The van der Waals surface area contributed by atoms with Gasteiger partial charge in [-0.1, -0.05) is 18.2 Å². The molecule has 0 aromatic heterocycles. The standard InChI is InChI=1S/C6H5F.CHNS/c7-6-4-2-1-3-5-6;2-1-3/h1-5H;2H. The first-order chi connectivity index (χ1) is 4.81. The molecule has 0 unspecified atom stereocenters. The molecule has 0 aliphatic heterocycles. The Balaban J connectivity index is 0.000000236. The second-order valence-electron chi connectivity index (χ2n) is 1.40. The van der Waals surface area contributed by atoms with Gasteiger partial charge in [0.25, 0.3) is 0 Å². The third kappa shape index (κ3) is 5.09. The monoisotopic (exact) mass is 155 g/mol. The van der Waals surface area contributed by atoms with Gasteiger partial charge in [-0.05, 0) is 24.4 Å². The molecule has 0 aliphatic carbocycles. The molecule has 1 N–H and O–H groups in total. The van der Waals surface area contributed by atoms with Crippen LogP contribution in [0.4, 0.5) is 4.39 Å². The van der Waals surface area contributed by atoms with Crippen molar-refractivity contribution in [3.05, 3.63) is 36.1 Å². The summed E-state index contributed by atoms with van der Waals surface area (Å²) in [7, 11) is 0. The first-order valence-corrected chi connectivity index (χ1v) is 2.96. The molecule has 0 radical (unpaired) electrons. The molecule has 3 heteroatoms. The van der Waals surface area contributed by atoms with Gasteiger partial charge >= 0.3 is 0 Å². The lowest BCUT2D eigenvalue weighted by Gasteiger charge is -1.78. The van der Waals surface area contributed by atoms with Crippen LogP contribution in [0.3, 0.4) is 0 Å². The maximum Gasteiger partial charge on any atom is 0.123 e. The minimum Gasteiger partial charge on any atom is -0.248 e. The van der Waals surface area contributed by atoms with E-state index in [0.29, 0.717) is 0 Å². The van der Waals surface area contributed by atoms with Gasteiger partial charge < -0.3 is 0 Å². The first kappa shape index (κ1) is 8.95. The highest BCUT2D eigenvalue weighted by atomic mass is 32.1. The summed E-state index contributed by atoms with van der Waals surface area (Å²) < 4.78 is 11.9. The van der Waals surface area contributed by atoms with Gasteiger partial charge in [-0.15, -0.1) is 0 Å². The number of thiocarbonyl (C=S) groups is 1. The van der Waals surface area contributed by atoms with Crippen molar-refractivity contribution in [3.8, 4) is 0 Å². The van der Waals surface area contributed by atoms with Crippen molar-refractivity contribution in [1.29, 1.82) is 5.41 Å². The summed E-state index contributed by atoms with van der Waals surface area (Å²) in [5, 5.41) is 7.36. The Morgan fingerprint density at radius 3 is 1.90 bits per heavy atom. The molecule has 10 heavy (non-hydrogen) atoms. The van der Waals surface area contributed by atoms with Crippen LogP contribution >= 0.6 is 12.2 Å². The Hall–Kier alpha value is -1.05. The number of benzene rings is 1. The molecular formula is C7H6FNS. The third-order valence-electron chi connectivity index (χ3n) is 0.733. The first-order valence-electron chi connectivity index (χ1n) is 2.55. The van der Waals surface area contributed by atoms with Crippen molar-refractivity contribution in [2.45, 2.75) is 0 Å². The lowest BCUT2D eigenvalue weighted by atomic mass is 10.4. The van der Waals surface area contributed by atoms with Crippen LogP contribution in [0.15, 0.2) is 30.3 Å². The zero-order valence-electron chi connectivity index (χ0n) is 5.17. The summed E-state index contributed by atoms with van der Waals surface area (Å²) in [6.07, 6.45) is 0. The van der Waals surface area contributed by atoms with Gasteiger partial charge in [0.15, 0.2) is 0 Å². The normalized spacial score (nSPS) is 6.90. The van der Waals surface area contributed by atoms with Gasteiger partial charge in [0.2, 0.25) is 0 Å². The van der Waals surface area contributed by atoms with Gasteiger partial charge in [0.1, 0.15) is 5.82 Å². The van der Waals surface area contributed by atoms with E-state index in [-0.39, 0.29) is 5.82 Å². The molecule has 1 aromatic rings. The fraction of sp³-hybridized carbons (Fsp3) is 0. The van der Waals surface area contributed by atoms with E-state index in [1.165, 1.54) is 12.1 Å². The zero-order chi connectivity index (χ0) is 7.82. The lowest BCUT2D eigenvalue weighted by Crippen LogP contribution is -1.63. The van der Waals surface area contributed by atoms with Gasteiger partial charge in [-0.2, -0.15) is 0 Å². The van der Waals surface area contributed by atoms with E-state index in [2.05, 4.69) is 12.2 Å². The molecular weight excluding hydrogens is 149 g/mol. The van der Waals surface area contributed by atoms with Crippen LogP contribution in [-0.4, -0.2) is 5.16 Å². The predicted molar refractivity (Wildman–Crippen MR) is 41.7 cm³/mol. The van der Waals surface area contributed by atoms with E-state index < -0.39 is 0 Å². The second-order valence-corrected chi connectivity index (χ2v) is 1.60. The maximum absolute atomic E-state index is 11.9. The molecule has 0 spiro atoms. The largest absolute Gasteiger partial charge is 0.248 e. The topological polar surface area (TPSA) is 23.9 Å². The number of hydrogen-bond acceptors (Lipinski definition) is 2. The highest BCUT2D eigenvalue weighted by Gasteiger charge is 1.77. The Labute approximate surface area is 64.0 Å². The average Bonchev–Trinajstić information content (AvgIpc) is 1.91. The Bertz CT molecular complexity index is 204. The van der Waals surface area contributed by atoms with Crippen LogP contribution in [-0.2, 0) is 0 Å². The van der Waals surface area contributed by atoms with Crippen molar-refractivity contribution in [3.63, 3.8) is 0 Å². The number of hydrogen-bond donors (Lipinski definition) is 1. The Kier molecular flexibility index (Phi) is 5.44. The van der Waals surface area contributed by atoms with Crippen LogP contribution in [0.25, 0.3) is 0 Å². The number of nitrogens with one attached hydrogen (secondary N) is 1. The van der Waals surface area contributed by atoms with E-state index in [1.807, 2.05) is 0 Å². The van der Waals surface area contributed by atoms with Crippen LogP contribution in [0.5, 0.6) is 0 Å². The fourth-order valence-electron chi connectivity index (χ4n) is 0.415. The second kappa shape index (κ2) is 6.08. The molecule has 1 rings (SSSR count). The van der Waals surface area contributed by atoms with E-state index in [4.69, 9.17) is 5.41 Å². The predicted octanol–water partition coefficient (Wildman–Crippen LogP) is 2.49. The van der Waals surface area contributed by atoms with Crippen molar-refractivity contribution in [2.75, 3.05) is 0 Å². The van der Waals surface area contributed by atoms with Crippen LogP contribution in [0.2, 0.25) is 0 Å². The van der Waals surface area contributed by atoms with Gasteiger partial charge in [0.05, 0.1) is 5.16 Å². The van der Waals surface area contributed by atoms with Gasteiger partial charge in [-0.3, -0.25) is 0 Å². The molecule has 0 aliphatic rings. The van der Waals surface area contributed by atoms with Crippen LogP contribution < -0.4 is 0 Å². The zero-order valence-corrected chi connectivity index (χ0v) is 5.99. The van der Waals surface area contributed by atoms with E-state index in [9.17, 15) is 4.39 Å². The number of isothiocyanates is 1. The number of halogens is 1. The Morgan fingerprint density at radius 2 is 1.70 bits per heavy atom. The molecule has 1 aromatic carbocycles. The summed E-state index contributed by atoms with van der Waals surface area (Å²) in [5.74, 6) is -0.178. The lowest BCUT2D eigenvalue weighted by molar-refractivity contribution is 0.628. The Morgan fingerprint density at radius 1 is 1.30 bits per heavy atom. The van der Waals surface area contributed by atoms with Gasteiger partial charge in [0, 0.05) is 0 Å². The SMILES string of the molecule is Fc1ccccc1.N=C=S. The maximum atomic E-state index is 11.9. The number of rotatable bonds is 0. The van der Waals surface area contributed by atoms with E-state index >= 15 is 0 Å². The van der Waals surface area contributed by atoms with E-state index in [0.717, 1.165) is 0 Å². The highest BCUT2D eigenvalue weighted by Crippen LogP contribution is 1.91. The smallest absolute Gasteiger partial charge is 0.123 e. The minimum absolute atomic E-state index is 0.178. The quantitative estimate of drug-likeness (QED) is 0.451. The molecule has 0 bridgehead atoms. The summed E-state index contributed by atoms with van der Waals surface area (Å²) in [5.41, 5.74) is 0. The van der Waals surface area contributed by atoms with E-state index in [1.54, 1.807) is 23.4 Å². The molecule has 0 saturated carbocycles. The fourth-order valence-corrected chi connectivity index (χ4v) is 0.415.